The van der Waals surface area contributed by atoms with Gasteiger partial charge in [-0.15, -0.1) is 11.3 Å². The monoisotopic (exact) mass is 380 g/mol. The summed E-state index contributed by atoms with van der Waals surface area (Å²) in [6, 6.07) is 12.5. The number of hydrogen-bond acceptors (Lipinski definition) is 6. The van der Waals surface area contributed by atoms with E-state index in [2.05, 4.69) is 39.5 Å². The normalized spacial score (nSPS) is 15.1. The topological polar surface area (TPSA) is 64.3 Å². The Kier molecular flexibility index (Phi) is 5.25. The summed E-state index contributed by atoms with van der Waals surface area (Å²) < 4.78 is 5.29. The van der Waals surface area contributed by atoms with Crippen LogP contribution >= 0.6 is 11.3 Å². The summed E-state index contributed by atoms with van der Waals surface area (Å²) in [4.78, 5) is 11.6. The van der Waals surface area contributed by atoms with Crippen LogP contribution in [0.5, 0.6) is 5.75 Å². The molecule has 0 bridgehead atoms. The number of benzene rings is 1. The number of rotatable bonds is 6. The molecule has 1 aromatic carbocycles. The van der Waals surface area contributed by atoms with Gasteiger partial charge >= 0.3 is 0 Å². The highest BCUT2D eigenvalue weighted by Crippen LogP contribution is 2.31. The van der Waals surface area contributed by atoms with Crippen LogP contribution in [-0.2, 0) is 6.42 Å². The number of pyridine rings is 1. The molecule has 0 aliphatic carbocycles. The van der Waals surface area contributed by atoms with Crippen molar-refractivity contribution in [3.05, 3.63) is 64.8 Å². The van der Waals surface area contributed by atoms with Gasteiger partial charge in [-0.05, 0) is 48.6 Å². The first-order valence-corrected chi connectivity index (χ1v) is 10.2. The molecule has 0 saturated carbocycles. The van der Waals surface area contributed by atoms with Crippen molar-refractivity contribution >= 4 is 22.3 Å². The Labute approximate surface area is 163 Å². The minimum Gasteiger partial charge on any atom is -0.497 e. The van der Waals surface area contributed by atoms with Gasteiger partial charge in [0, 0.05) is 30.6 Å². The fourth-order valence-electron chi connectivity index (χ4n) is 3.60. The van der Waals surface area contributed by atoms with Crippen molar-refractivity contribution in [2.75, 3.05) is 30.8 Å². The van der Waals surface area contributed by atoms with Gasteiger partial charge in [0.15, 0.2) is 5.13 Å². The van der Waals surface area contributed by atoms with E-state index in [1.54, 1.807) is 7.11 Å². The van der Waals surface area contributed by atoms with Gasteiger partial charge in [0.25, 0.3) is 0 Å². The average molecular weight is 381 g/mol. The second-order valence-corrected chi connectivity index (χ2v) is 7.75. The molecule has 0 amide bonds. The van der Waals surface area contributed by atoms with E-state index in [4.69, 9.17) is 15.5 Å². The van der Waals surface area contributed by atoms with Crippen molar-refractivity contribution < 1.29 is 4.74 Å². The first-order chi connectivity index (χ1) is 13.2. The van der Waals surface area contributed by atoms with Crippen molar-refractivity contribution in [1.29, 1.82) is 0 Å². The maximum absolute atomic E-state index is 5.89. The Bertz CT molecular complexity index is 870. The molecule has 1 aliphatic heterocycles. The molecule has 4 rings (SSSR count). The zero-order valence-corrected chi connectivity index (χ0v) is 16.3. The van der Waals surface area contributed by atoms with E-state index in [0.717, 1.165) is 36.8 Å². The van der Waals surface area contributed by atoms with Crippen molar-refractivity contribution in [1.82, 2.24) is 9.97 Å². The summed E-state index contributed by atoms with van der Waals surface area (Å²) in [7, 11) is 1.68. The Morgan fingerprint density at radius 1 is 1.15 bits per heavy atom. The molecule has 2 N–H and O–H groups in total. The summed E-state index contributed by atoms with van der Waals surface area (Å²) in [6.07, 6.45) is 5.35. The Hall–Kier alpha value is -2.60. The van der Waals surface area contributed by atoms with Gasteiger partial charge in [0.1, 0.15) is 11.6 Å². The summed E-state index contributed by atoms with van der Waals surface area (Å²) in [6.45, 7) is 2.22. The zero-order chi connectivity index (χ0) is 18.6. The van der Waals surface area contributed by atoms with Crippen LogP contribution < -0.4 is 15.4 Å². The minimum absolute atomic E-state index is 0.142. The van der Waals surface area contributed by atoms with Crippen LogP contribution in [0.3, 0.4) is 0 Å². The maximum Gasteiger partial charge on any atom is 0.180 e. The number of aromatic nitrogens is 2. The number of nitrogen functional groups attached to an aromatic ring is 1. The van der Waals surface area contributed by atoms with Gasteiger partial charge in [-0.25, -0.2) is 9.97 Å². The fourth-order valence-corrected chi connectivity index (χ4v) is 4.21. The number of ether oxygens (including phenoxy) is 1. The Morgan fingerprint density at radius 2 is 1.93 bits per heavy atom. The fraction of sp³-hybridized carbons (Fsp3) is 0.333. The van der Waals surface area contributed by atoms with Crippen LogP contribution in [0.1, 0.15) is 35.6 Å². The van der Waals surface area contributed by atoms with Crippen molar-refractivity contribution in [2.45, 2.75) is 25.2 Å². The van der Waals surface area contributed by atoms with E-state index in [1.807, 2.05) is 18.3 Å². The highest BCUT2D eigenvalue weighted by Gasteiger charge is 2.19. The number of nitrogens with zero attached hydrogens (tertiary/aromatic N) is 3. The van der Waals surface area contributed by atoms with Crippen molar-refractivity contribution in [3.63, 3.8) is 0 Å². The predicted molar refractivity (Wildman–Crippen MR) is 111 cm³/mol. The molecule has 1 atom stereocenters. The van der Waals surface area contributed by atoms with Crippen LogP contribution in [0.4, 0.5) is 10.9 Å². The maximum atomic E-state index is 5.89. The SMILES string of the molecule is COc1ccc(C(Cc2ccc(N3CCCC3)nc2)c2csc(N)n2)cc1. The summed E-state index contributed by atoms with van der Waals surface area (Å²) in [5.41, 5.74) is 9.30. The second-order valence-electron chi connectivity index (χ2n) is 6.86. The Morgan fingerprint density at radius 3 is 2.52 bits per heavy atom. The molecular formula is C21H24N4OS. The predicted octanol–water partition coefficient (Wildman–Crippen LogP) is 4.10. The van der Waals surface area contributed by atoms with Crippen molar-refractivity contribution in [2.24, 2.45) is 0 Å². The first kappa shape index (κ1) is 17.8. The van der Waals surface area contributed by atoms with Gasteiger partial charge < -0.3 is 15.4 Å². The number of hydrogen-bond donors (Lipinski definition) is 1. The third-order valence-corrected chi connectivity index (χ3v) is 5.79. The molecule has 3 heterocycles. The summed E-state index contributed by atoms with van der Waals surface area (Å²) >= 11 is 1.48. The Balaban J connectivity index is 1.58. The number of anilines is 2. The molecule has 0 spiro atoms. The zero-order valence-electron chi connectivity index (χ0n) is 15.5. The van der Waals surface area contributed by atoms with Crippen LogP contribution in [0.2, 0.25) is 0 Å². The molecule has 2 aromatic heterocycles. The molecule has 140 valence electrons. The molecular weight excluding hydrogens is 356 g/mol. The number of thiazole rings is 1. The molecule has 1 fully saturated rings. The van der Waals surface area contributed by atoms with Gasteiger partial charge in [-0.2, -0.15) is 0 Å². The van der Waals surface area contributed by atoms with E-state index in [1.165, 1.54) is 35.3 Å². The largest absolute Gasteiger partial charge is 0.497 e. The summed E-state index contributed by atoms with van der Waals surface area (Å²) in [5.74, 6) is 2.07. The third kappa shape index (κ3) is 4.06. The van der Waals surface area contributed by atoms with Gasteiger partial charge in [-0.3, -0.25) is 0 Å². The van der Waals surface area contributed by atoms with E-state index >= 15 is 0 Å². The minimum atomic E-state index is 0.142. The molecule has 1 unspecified atom stereocenters. The van der Waals surface area contributed by atoms with E-state index in [0.29, 0.717) is 5.13 Å². The van der Waals surface area contributed by atoms with E-state index in [9.17, 15) is 0 Å². The smallest absolute Gasteiger partial charge is 0.180 e. The second kappa shape index (κ2) is 7.96. The lowest BCUT2D eigenvalue weighted by Crippen LogP contribution is -2.18. The summed E-state index contributed by atoms with van der Waals surface area (Å²) in [5, 5.41) is 2.65. The molecule has 0 radical (unpaired) electrons. The highest BCUT2D eigenvalue weighted by molar-refractivity contribution is 7.13. The quantitative estimate of drug-likeness (QED) is 0.697. The lowest BCUT2D eigenvalue weighted by Gasteiger charge is -2.18. The number of nitrogens with two attached hydrogens (primary N) is 1. The molecule has 1 aliphatic rings. The van der Waals surface area contributed by atoms with Gasteiger partial charge in [-0.1, -0.05) is 18.2 Å². The molecule has 6 heteroatoms. The van der Waals surface area contributed by atoms with Crippen molar-refractivity contribution in [3.8, 4) is 5.75 Å². The lowest BCUT2D eigenvalue weighted by atomic mass is 9.90. The van der Waals surface area contributed by atoms with E-state index in [-0.39, 0.29) is 5.92 Å². The van der Waals surface area contributed by atoms with Crippen LogP contribution in [0, 0.1) is 0 Å². The van der Waals surface area contributed by atoms with Crippen LogP contribution in [-0.4, -0.2) is 30.2 Å². The standard InChI is InChI=1S/C21H24N4OS/c1-26-17-7-5-16(6-8-17)18(19-14-27-21(22)24-19)12-15-4-9-20(23-13-15)25-10-2-3-11-25/h4-9,13-14,18H,2-3,10-12H2,1H3,(H2,22,24). The van der Waals surface area contributed by atoms with E-state index < -0.39 is 0 Å². The lowest BCUT2D eigenvalue weighted by molar-refractivity contribution is 0.414. The number of methoxy groups -OCH3 is 1. The molecule has 1 saturated heterocycles. The van der Waals surface area contributed by atoms with Gasteiger partial charge in [0.2, 0.25) is 0 Å². The molecule has 27 heavy (non-hydrogen) atoms. The third-order valence-electron chi connectivity index (χ3n) is 5.09. The van der Waals surface area contributed by atoms with Gasteiger partial charge in [0.05, 0.1) is 12.8 Å². The average Bonchev–Trinajstić information content (AvgIpc) is 3.39. The highest BCUT2D eigenvalue weighted by atomic mass is 32.1. The molecule has 5 nitrogen and oxygen atoms in total. The first-order valence-electron chi connectivity index (χ1n) is 9.27. The van der Waals surface area contributed by atoms with Crippen LogP contribution in [0.25, 0.3) is 0 Å². The molecule has 3 aromatic rings. The van der Waals surface area contributed by atoms with Crippen LogP contribution in [0.15, 0.2) is 48.0 Å².